The Labute approximate surface area is 156 Å². The van der Waals surface area contributed by atoms with Gasteiger partial charge in [0.1, 0.15) is 0 Å². The average Bonchev–Trinajstić information content (AvgIpc) is 2.70. The van der Waals surface area contributed by atoms with E-state index in [1.807, 2.05) is 18.2 Å². The number of methoxy groups -OCH3 is 2. The molecule has 1 aromatic heterocycles. The molecule has 0 fully saturated rings. The first-order valence-electron chi connectivity index (χ1n) is 8.46. The van der Waals surface area contributed by atoms with Crippen LogP contribution in [-0.2, 0) is 24.8 Å². The van der Waals surface area contributed by atoms with E-state index in [1.54, 1.807) is 45.5 Å². The number of ether oxygens (including phenoxy) is 2. The normalized spacial score (nSPS) is 10.6. The maximum Gasteiger partial charge on any atom is 0.274 e. The van der Waals surface area contributed by atoms with Crippen LogP contribution in [0.4, 0.5) is 0 Å². The standard InChI is InChI=1S/C20H21N3O4/c1-23-20(25)15-7-5-4-6-14(15)16(22-23)11-19(24)21-12-13-8-9-17(26-2)18(10-13)27-3/h4-10H,11-12H2,1-3H3,(H,21,24). The predicted octanol–water partition coefficient (Wildman–Crippen LogP) is 1.81. The number of fused-ring (bicyclic) bond motifs is 1. The molecule has 7 heteroatoms. The van der Waals surface area contributed by atoms with Crippen molar-refractivity contribution in [1.29, 1.82) is 0 Å². The summed E-state index contributed by atoms with van der Waals surface area (Å²) in [6.07, 6.45) is 0.0852. The summed E-state index contributed by atoms with van der Waals surface area (Å²) in [6.45, 7) is 0.350. The van der Waals surface area contributed by atoms with Crippen LogP contribution in [-0.4, -0.2) is 29.9 Å². The van der Waals surface area contributed by atoms with Crippen molar-refractivity contribution in [3.8, 4) is 11.5 Å². The molecule has 27 heavy (non-hydrogen) atoms. The molecule has 0 aliphatic heterocycles. The summed E-state index contributed by atoms with van der Waals surface area (Å²) in [4.78, 5) is 24.6. The van der Waals surface area contributed by atoms with Crippen LogP contribution in [0.2, 0.25) is 0 Å². The number of nitrogens with one attached hydrogen (secondary N) is 1. The number of nitrogens with zero attached hydrogens (tertiary/aromatic N) is 2. The third kappa shape index (κ3) is 3.92. The van der Waals surface area contributed by atoms with Gasteiger partial charge in [-0.1, -0.05) is 24.3 Å². The van der Waals surface area contributed by atoms with E-state index >= 15 is 0 Å². The van der Waals surface area contributed by atoms with Gasteiger partial charge in [-0.3, -0.25) is 9.59 Å². The van der Waals surface area contributed by atoms with Crippen LogP contribution >= 0.6 is 0 Å². The molecule has 7 nitrogen and oxygen atoms in total. The van der Waals surface area contributed by atoms with Crippen LogP contribution in [0.5, 0.6) is 11.5 Å². The van der Waals surface area contributed by atoms with Gasteiger partial charge in [-0.25, -0.2) is 4.68 Å². The zero-order valence-electron chi connectivity index (χ0n) is 15.5. The number of rotatable bonds is 6. The topological polar surface area (TPSA) is 82.5 Å². The summed E-state index contributed by atoms with van der Waals surface area (Å²) in [5.74, 6) is 1.06. The van der Waals surface area contributed by atoms with Gasteiger partial charge < -0.3 is 14.8 Å². The van der Waals surface area contributed by atoms with Crippen LogP contribution in [0.1, 0.15) is 11.3 Å². The summed E-state index contributed by atoms with van der Waals surface area (Å²) in [6, 6.07) is 12.6. The highest BCUT2D eigenvalue weighted by atomic mass is 16.5. The summed E-state index contributed by atoms with van der Waals surface area (Å²) < 4.78 is 11.7. The largest absolute Gasteiger partial charge is 0.493 e. The summed E-state index contributed by atoms with van der Waals surface area (Å²) in [5.41, 5.74) is 1.27. The maximum atomic E-state index is 12.4. The van der Waals surface area contributed by atoms with Gasteiger partial charge >= 0.3 is 0 Å². The van der Waals surface area contributed by atoms with Gasteiger partial charge in [0.05, 0.1) is 31.7 Å². The van der Waals surface area contributed by atoms with Gasteiger partial charge in [0, 0.05) is 19.0 Å². The zero-order valence-corrected chi connectivity index (χ0v) is 15.5. The first-order valence-corrected chi connectivity index (χ1v) is 8.46. The minimum atomic E-state index is -0.180. The monoisotopic (exact) mass is 367 g/mol. The van der Waals surface area contributed by atoms with Gasteiger partial charge in [-0.15, -0.1) is 0 Å². The van der Waals surface area contributed by atoms with E-state index in [-0.39, 0.29) is 17.9 Å². The number of aromatic nitrogens is 2. The van der Waals surface area contributed by atoms with Crippen molar-refractivity contribution in [2.75, 3.05) is 14.2 Å². The molecular formula is C20H21N3O4. The number of hydrogen-bond acceptors (Lipinski definition) is 5. The molecule has 1 amide bonds. The van der Waals surface area contributed by atoms with Gasteiger partial charge in [0.15, 0.2) is 11.5 Å². The Morgan fingerprint density at radius 2 is 1.78 bits per heavy atom. The number of carbonyl (C=O) groups excluding carboxylic acids is 1. The summed E-state index contributed by atoms with van der Waals surface area (Å²) in [5, 5.41) is 8.37. The van der Waals surface area contributed by atoms with E-state index in [4.69, 9.17) is 9.47 Å². The molecule has 0 atom stereocenters. The van der Waals surface area contributed by atoms with E-state index in [2.05, 4.69) is 10.4 Å². The molecule has 0 aliphatic carbocycles. The van der Waals surface area contributed by atoms with Crippen LogP contribution in [0, 0.1) is 0 Å². The average molecular weight is 367 g/mol. The summed E-state index contributed by atoms with van der Waals surface area (Å²) >= 11 is 0. The lowest BCUT2D eigenvalue weighted by molar-refractivity contribution is -0.120. The Kier molecular flexibility index (Phi) is 5.40. The maximum absolute atomic E-state index is 12.4. The van der Waals surface area contributed by atoms with Crippen molar-refractivity contribution in [3.05, 3.63) is 64.1 Å². The van der Waals surface area contributed by atoms with E-state index in [1.165, 1.54) is 4.68 Å². The second-order valence-corrected chi connectivity index (χ2v) is 6.06. The molecule has 0 unspecified atom stereocenters. The van der Waals surface area contributed by atoms with E-state index in [9.17, 15) is 9.59 Å². The molecule has 0 aliphatic rings. The smallest absolute Gasteiger partial charge is 0.274 e. The molecule has 1 heterocycles. The quantitative estimate of drug-likeness (QED) is 0.718. The first kappa shape index (κ1) is 18.4. The van der Waals surface area contributed by atoms with Crippen molar-refractivity contribution < 1.29 is 14.3 Å². The molecule has 1 N–H and O–H groups in total. The second kappa shape index (κ2) is 7.90. The van der Waals surface area contributed by atoms with Gasteiger partial charge in [-0.05, 0) is 23.8 Å². The number of amides is 1. The molecule has 2 aromatic carbocycles. The van der Waals surface area contributed by atoms with E-state index < -0.39 is 0 Å². The number of carbonyl (C=O) groups is 1. The lowest BCUT2D eigenvalue weighted by atomic mass is 10.1. The van der Waals surface area contributed by atoms with Crippen molar-refractivity contribution in [2.24, 2.45) is 7.05 Å². The Morgan fingerprint density at radius 1 is 1.07 bits per heavy atom. The molecule has 0 radical (unpaired) electrons. The lowest BCUT2D eigenvalue weighted by Crippen LogP contribution is -2.27. The molecule has 3 aromatic rings. The van der Waals surface area contributed by atoms with E-state index in [0.29, 0.717) is 34.5 Å². The number of hydrogen-bond donors (Lipinski definition) is 1. The SMILES string of the molecule is COc1ccc(CNC(=O)Cc2nn(C)c(=O)c3ccccc23)cc1OC. The third-order valence-electron chi connectivity index (χ3n) is 4.30. The van der Waals surface area contributed by atoms with Crippen molar-refractivity contribution in [2.45, 2.75) is 13.0 Å². The van der Waals surface area contributed by atoms with Crippen LogP contribution < -0.4 is 20.3 Å². The van der Waals surface area contributed by atoms with Crippen molar-refractivity contribution >= 4 is 16.7 Å². The van der Waals surface area contributed by atoms with Crippen molar-refractivity contribution in [1.82, 2.24) is 15.1 Å². The number of benzene rings is 2. The Hall–Kier alpha value is -3.35. The Balaban J connectivity index is 1.75. The fourth-order valence-electron chi connectivity index (χ4n) is 2.91. The number of aryl methyl sites for hydroxylation is 1. The highest BCUT2D eigenvalue weighted by Gasteiger charge is 2.12. The van der Waals surface area contributed by atoms with Crippen LogP contribution in [0.25, 0.3) is 10.8 Å². The first-order chi connectivity index (χ1) is 13.0. The molecule has 140 valence electrons. The molecule has 0 saturated heterocycles. The van der Waals surface area contributed by atoms with Crippen molar-refractivity contribution in [3.63, 3.8) is 0 Å². The highest BCUT2D eigenvalue weighted by molar-refractivity contribution is 5.88. The Bertz CT molecular complexity index is 1040. The molecule has 0 bridgehead atoms. The molecular weight excluding hydrogens is 346 g/mol. The third-order valence-corrected chi connectivity index (χ3v) is 4.30. The van der Waals surface area contributed by atoms with E-state index in [0.717, 1.165) is 5.56 Å². The fourth-order valence-corrected chi connectivity index (χ4v) is 2.91. The molecule has 3 rings (SSSR count). The highest BCUT2D eigenvalue weighted by Crippen LogP contribution is 2.27. The summed E-state index contributed by atoms with van der Waals surface area (Å²) in [7, 11) is 4.72. The van der Waals surface area contributed by atoms with Gasteiger partial charge in [0.2, 0.25) is 5.91 Å². The zero-order chi connectivity index (χ0) is 19.4. The van der Waals surface area contributed by atoms with Crippen LogP contribution in [0.3, 0.4) is 0 Å². The minimum Gasteiger partial charge on any atom is -0.493 e. The lowest BCUT2D eigenvalue weighted by Gasteiger charge is -2.11. The Morgan fingerprint density at radius 3 is 2.48 bits per heavy atom. The fraction of sp³-hybridized carbons (Fsp3) is 0.250. The van der Waals surface area contributed by atoms with Gasteiger partial charge in [0.25, 0.3) is 5.56 Å². The minimum absolute atomic E-state index is 0.0852. The van der Waals surface area contributed by atoms with Crippen LogP contribution in [0.15, 0.2) is 47.3 Å². The molecule has 0 spiro atoms. The molecule has 0 saturated carbocycles. The second-order valence-electron chi connectivity index (χ2n) is 6.06. The predicted molar refractivity (Wildman–Crippen MR) is 102 cm³/mol. The van der Waals surface area contributed by atoms with Gasteiger partial charge in [-0.2, -0.15) is 5.10 Å².